The van der Waals surface area contributed by atoms with Gasteiger partial charge in [-0.3, -0.25) is 9.48 Å². The standard InChI is InChI=1S/C12H20N4O/c1-8-10(7-15(2)14-8)12(17)16(3)11(6-13)9-4-5-9/h7,9,11H,4-6,13H2,1-3H3. The second-order valence-corrected chi connectivity index (χ2v) is 4.86. The quantitative estimate of drug-likeness (QED) is 0.829. The van der Waals surface area contributed by atoms with Gasteiger partial charge in [-0.15, -0.1) is 0 Å². The molecule has 5 heteroatoms. The molecule has 1 unspecified atom stereocenters. The zero-order valence-electron chi connectivity index (χ0n) is 10.7. The van der Waals surface area contributed by atoms with E-state index < -0.39 is 0 Å². The maximum Gasteiger partial charge on any atom is 0.257 e. The Labute approximate surface area is 102 Å². The predicted molar refractivity (Wildman–Crippen MR) is 65.6 cm³/mol. The number of amides is 1. The summed E-state index contributed by atoms with van der Waals surface area (Å²) in [4.78, 5) is 14.1. The Bertz CT molecular complexity index is 422. The van der Waals surface area contributed by atoms with Gasteiger partial charge in [-0.25, -0.2) is 0 Å². The molecule has 0 bridgehead atoms. The Morgan fingerprint density at radius 2 is 2.35 bits per heavy atom. The molecule has 1 amide bonds. The second-order valence-electron chi connectivity index (χ2n) is 4.86. The third-order valence-electron chi connectivity index (χ3n) is 3.47. The van der Waals surface area contributed by atoms with Gasteiger partial charge in [-0.2, -0.15) is 5.10 Å². The number of carbonyl (C=O) groups is 1. The normalized spacial score (nSPS) is 16.9. The summed E-state index contributed by atoms with van der Waals surface area (Å²) in [5.74, 6) is 0.615. The molecule has 1 aliphatic carbocycles. The van der Waals surface area contributed by atoms with E-state index in [0.717, 1.165) is 5.69 Å². The molecule has 94 valence electrons. The Hall–Kier alpha value is -1.36. The minimum atomic E-state index is 0.0259. The van der Waals surface area contributed by atoms with Crippen molar-refractivity contribution in [3.8, 4) is 0 Å². The van der Waals surface area contributed by atoms with E-state index in [2.05, 4.69) is 5.10 Å². The Kier molecular flexibility index (Phi) is 3.19. The van der Waals surface area contributed by atoms with Crippen LogP contribution < -0.4 is 5.73 Å². The van der Waals surface area contributed by atoms with Crippen LogP contribution in [-0.4, -0.2) is 40.2 Å². The molecule has 0 aliphatic heterocycles. The lowest BCUT2D eigenvalue weighted by molar-refractivity contribution is 0.0718. The van der Waals surface area contributed by atoms with Crippen molar-refractivity contribution in [3.63, 3.8) is 0 Å². The van der Waals surface area contributed by atoms with Crippen LogP contribution in [0.15, 0.2) is 6.20 Å². The fourth-order valence-corrected chi connectivity index (χ4v) is 2.30. The third kappa shape index (κ3) is 2.34. The van der Waals surface area contributed by atoms with Gasteiger partial charge in [0.05, 0.1) is 11.3 Å². The summed E-state index contributed by atoms with van der Waals surface area (Å²) in [7, 11) is 3.66. The molecule has 0 aromatic carbocycles. The first kappa shape index (κ1) is 12.1. The van der Waals surface area contributed by atoms with Gasteiger partial charge in [0.2, 0.25) is 0 Å². The summed E-state index contributed by atoms with van der Waals surface area (Å²) in [6.45, 7) is 2.39. The summed E-state index contributed by atoms with van der Waals surface area (Å²) in [5.41, 5.74) is 7.21. The fourth-order valence-electron chi connectivity index (χ4n) is 2.30. The summed E-state index contributed by atoms with van der Waals surface area (Å²) >= 11 is 0. The van der Waals surface area contributed by atoms with Gasteiger partial charge < -0.3 is 10.6 Å². The number of rotatable bonds is 4. The maximum atomic E-state index is 12.3. The van der Waals surface area contributed by atoms with E-state index in [1.54, 1.807) is 15.8 Å². The van der Waals surface area contributed by atoms with Crippen molar-refractivity contribution in [1.82, 2.24) is 14.7 Å². The van der Waals surface area contributed by atoms with Gasteiger partial charge in [0.25, 0.3) is 5.91 Å². The van der Waals surface area contributed by atoms with E-state index in [1.165, 1.54) is 12.8 Å². The molecule has 1 aliphatic rings. The fraction of sp³-hybridized carbons (Fsp3) is 0.667. The van der Waals surface area contributed by atoms with Crippen molar-refractivity contribution < 1.29 is 4.79 Å². The Morgan fingerprint density at radius 3 is 2.76 bits per heavy atom. The van der Waals surface area contributed by atoms with Gasteiger partial charge in [0.1, 0.15) is 0 Å². The van der Waals surface area contributed by atoms with Crippen LogP contribution in [0, 0.1) is 12.8 Å². The molecule has 1 atom stereocenters. The number of aryl methyl sites for hydroxylation is 2. The van der Waals surface area contributed by atoms with Crippen LogP contribution in [0.25, 0.3) is 0 Å². The SMILES string of the molecule is Cc1nn(C)cc1C(=O)N(C)C(CN)C1CC1. The summed E-state index contributed by atoms with van der Waals surface area (Å²) in [6, 6.07) is 0.169. The Morgan fingerprint density at radius 1 is 1.71 bits per heavy atom. The van der Waals surface area contributed by atoms with Gasteiger partial charge in [0, 0.05) is 32.9 Å². The average Bonchev–Trinajstić information content (AvgIpc) is 3.04. The minimum Gasteiger partial charge on any atom is -0.337 e. The predicted octanol–water partition coefficient (Wildman–Crippen LogP) is 0.538. The molecule has 2 N–H and O–H groups in total. The monoisotopic (exact) mass is 236 g/mol. The first-order valence-electron chi connectivity index (χ1n) is 6.02. The summed E-state index contributed by atoms with van der Waals surface area (Å²) < 4.78 is 1.67. The highest BCUT2D eigenvalue weighted by Gasteiger charge is 2.35. The van der Waals surface area contributed by atoms with Crippen LogP contribution in [-0.2, 0) is 7.05 Å². The van der Waals surface area contributed by atoms with Crippen molar-refractivity contribution in [2.75, 3.05) is 13.6 Å². The number of nitrogens with zero attached hydrogens (tertiary/aromatic N) is 3. The Balaban J connectivity index is 2.15. The number of aromatic nitrogens is 2. The zero-order chi connectivity index (χ0) is 12.6. The topological polar surface area (TPSA) is 64.2 Å². The van der Waals surface area contributed by atoms with Crippen molar-refractivity contribution in [2.45, 2.75) is 25.8 Å². The van der Waals surface area contributed by atoms with Crippen LogP contribution in [0.1, 0.15) is 28.9 Å². The number of hydrogen-bond donors (Lipinski definition) is 1. The lowest BCUT2D eigenvalue weighted by Gasteiger charge is -2.26. The van der Waals surface area contributed by atoms with E-state index >= 15 is 0 Å². The lowest BCUT2D eigenvalue weighted by Crippen LogP contribution is -2.43. The van der Waals surface area contributed by atoms with E-state index in [9.17, 15) is 4.79 Å². The highest BCUT2D eigenvalue weighted by molar-refractivity contribution is 5.95. The summed E-state index contributed by atoms with van der Waals surface area (Å²) in [6.07, 6.45) is 4.14. The molecular weight excluding hydrogens is 216 g/mol. The maximum absolute atomic E-state index is 12.3. The third-order valence-corrected chi connectivity index (χ3v) is 3.47. The first-order valence-corrected chi connectivity index (χ1v) is 6.02. The average molecular weight is 236 g/mol. The van der Waals surface area contributed by atoms with Crippen molar-refractivity contribution >= 4 is 5.91 Å². The molecule has 1 aromatic heterocycles. The van der Waals surface area contributed by atoms with E-state index in [0.29, 0.717) is 18.0 Å². The van der Waals surface area contributed by atoms with E-state index in [-0.39, 0.29) is 11.9 Å². The van der Waals surface area contributed by atoms with Gasteiger partial charge in [-0.1, -0.05) is 0 Å². The smallest absolute Gasteiger partial charge is 0.257 e. The zero-order valence-corrected chi connectivity index (χ0v) is 10.7. The van der Waals surface area contributed by atoms with Crippen LogP contribution in [0.3, 0.4) is 0 Å². The molecule has 1 aromatic rings. The van der Waals surface area contributed by atoms with E-state index in [4.69, 9.17) is 5.73 Å². The molecule has 0 radical (unpaired) electrons. The highest BCUT2D eigenvalue weighted by atomic mass is 16.2. The minimum absolute atomic E-state index is 0.0259. The number of hydrogen-bond acceptors (Lipinski definition) is 3. The number of carbonyl (C=O) groups excluding carboxylic acids is 1. The lowest BCUT2D eigenvalue weighted by atomic mass is 10.1. The molecule has 1 saturated carbocycles. The first-order chi connectivity index (χ1) is 8.04. The molecule has 5 nitrogen and oxygen atoms in total. The molecule has 0 saturated heterocycles. The van der Waals surface area contributed by atoms with Gasteiger partial charge in [-0.05, 0) is 25.7 Å². The van der Waals surface area contributed by atoms with Crippen LogP contribution in [0.2, 0.25) is 0 Å². The molecule has 1 heterocycles. The van der Waals surface area contributed by atoms with Gasteiger partial charge >= 0.3 is 0 Å². The number of likely N-dealkylation sites (N-methyl/N-ethyl adjacent to an activating group) is 1. The molecule has 2 rings (SSSR count). The van der Waals surface area contributed by atoms with Crippen molar-refractivity contribution in [3.05, 3.63) is 17.5 Å². The van der Waals surface area contributed by atoms with E-state index in [1.807, 2.05) is 21.0 Å². The molecule has 0 spiro atoms. The van der Waals surface area contributed by atoms with Crippen LogP contribution >= 0.6 is 0 Å². The van der Waals surface area contributed by atoms with Crippen molar-refractivity contribution in [2.24, 2.45) is 18.7 Å². The molecule has 17 heavy (non-hydrogen) atoms. The molecule has 1 fully saturated rings. The highest BCUT2D eigenvalue weighted by Crippen LogP contribution is 2.35. The van der Waals surface area contributed by atoms with Crippen LogP contribution in [0.5, 0.6) is 0 Å². The van der Waals surface area contributed by atoms with Crippen molar-refractivity contribution in [1.29, 1.82) is 0 Å². The summed E-state index contributed by atoms with van der Waals surface area (Å²) in [5, 5.41) is 4.20. The van der Waals surface area contributed by atoms with Crippen LogP contribution in [0.4, 0.5) is 0 Å². The van der Waals surface area contributed by atoms with Gasteiger partial charge in [0.15, 0.2) is 0 Å². The second kappa shape index (κ2) is 4.49. The molecular formula is C12H20N4O. The number of nitrogens with two attached hydrogens (primary N) is 1. The largest absolute Gasteiger partial charge is 0.337 e.